The molecule has 2 aromatic carbocycles. The number of hydrogen-bond donors (Lipinski definition) is 0. The molecule has 0 unspecified atom stereocenters. The van der Waals surface area contributed by atoms with Gasteiger partial charge >= 0.3 is 0 Å². The third kappa shape index (κ3) is 3.23. The van der Waals surface area contributed by atoms with Gasteiger partial charge < -0.3 is 18.9 Å². The van der Waals surface area contributed by atoms with Gasteiger partial charge in [0.2, 0.25) is 0 Å². The molecule has 0 atom stereocenters. The van der Waals surface area contributed by atoms with Crippen LogP contribution in [0, 0.1) is 0 Å². The smallest absolute Gasteiger partial charge is 0.195 e. The van der Waals surface area contributed by atoms with Gasteiger partial charge in [0.05, 0.1) is 37.4 Å². The van der Waals surface area contributed by atoms with Gasteiger partial charge in [0.25, 0.3) is 0 Å². The van der Waals surface area contributed by atoms with Crippen LogP contribution in [-0.2, 0) is 0 Å². The zero-order valence-electron chi connectivity index (χ0n) is 13.6. The summed E-state index contributed by atoms with van der Waals surface area (Å²) >= 11 is 6.84. The Balaban J connectivity index is 2.58. The summed E-state index contributed by atoms with van der Waals surface area (Å²) in [6.07, 6.45) is 0. The van der Waals surface area contributed by atoms with Crippen molar-refractivity contribution in [1.29, 1.82) is 0 Å². The molecule has 24 heavy (non-hydrogen) atoms. The van der Waals surface area contributed by atoms with Crippen LogP contribution in [0.5, 0.6) is 23.0 Å². The summed E-state index contributed by atoms with van der Waals surface area (Å²) in [4.78, 5) is 13.0. The summed E-state index contributed by atoms with van der Waals surface area (Å²) in [6.45, 7) is 0. The quantitative estimate of drug-likeness (QED) is 0.596. The standard InChI is InChI=1S/C17H16Br2O5/c1-21-11-7-5-9(13(18)16(11)23-3)15(20)10-6-8-12(22-2)17(24-4)14(10)19/h5-8H,1-4H3. The molecule has 0 amide bonds. The predicted octanol–water partition coefficient (Wildman–Crippen LogP) is 4.48. The van der Waals surface area contributed by atoms with E-state index in [1.54, 1.807) is 24.3 Å². The van der Waals surface area contributed by atoms with Gasteiger partial charge in [-0.05, 0) is 56.1 Å². The molecule has 0 saturated heterocycles. The number of ether oxygens (including phenoxy) is 4. The molecule has 0 aliphatic heterocycles. The largest absolute Gasteiger partial charge is 0.493 e. The molecular formula is C17H16Br2O5. The van der Waals surface area contributed by atoms with Crippen molar-refractivity contribution >= 4 is 37.6 Å². The first kappa shape index (κ1) is 18.6. The van der Waals surface area contributed by atoms with Crippen molar-refractivity contribution in [1.82, 2.24) is 0 Å². The number of halogens is 2. The van der Waals surface area contributed by atoms with Crippen LogP contribution in [0.4, 0.5) is 0 Å². The molecule has 2 rings (SSSR count). The van der Waals surface area contributed by atoms with E-state index in [0.29, 0.717) is 43.1 Å². The van der Waals surface area contributed by atoms with Gasteiger partial charge in [-0.1, -0.05) is 0 Å². The molecule has 0 aromatic heterocycles. The van der Waals surface area contributed by atoms with E-state index >= 15 is 0 Å². The topological polar surface area (TPSA) is 54.0 Å². The average Bonchev–Trinajstić information content (AvgIpc) is 2.60. The maximum Gasteiger partial charge on any atom is 0.195 e. The zero-order chi connectivity index (χ0) is 17.9. The second-order valence-electron chi connectivity index (χ2n) is 4.65. The highest BCUT2D eigenvalue weighted by Gasteiger charge is 2.23. The number of rotatable bonds is 6. The van der Waals surface area contributed by atoms with E-state index < -0.39 is 0 Å². The summed E-state index contributed by atoms with van der Waals surface area (Å²) < 4.78 is 22.2. The molecule has 0 bridgehead atoms. The Morgan fingerprint density at radius 3 is 1.38 bits per heavy atom. The Kier molecular flexibility index (Phi) is 6.12. The van der Waals surface area contributed by atoms with E-state index in [-0.39, 0.29) is 5.78 Å². The Morgan fingerprint density at radius 1 is 0.708 bits per heavy atom. The molecular weight excluding hydrogens is 444 g/mol. The third-order valence-corrected chi connectivity index (χ3v) is 5.03. The second-order valence-corrected chi connectivity index (χ2v) is 6.24. The van der Waals surface area contributed by atoms with Crippen LogP contribution >= 0.6 is 31.9 Å². The maximum absolute atomic E-state index is 13.0. The number of carbonyl (C=O) groups is 1. The van der Waals surface area contributed by atoms with Crippen LogP contribution in [-0.4, -0.2) is 34.2 Å². The van der Waals surface area contributed by atoms with E-state index in [1.165, 1.54) is 28.4 Å². The molecule has 128 valence electrons. The van der Waals surface area contributed by atoms with Crippen LogP contribution < -0.4 is 18.9 Å². The number of ketones is 1. The van der Waals surface area contributed by atoms with Crippen LogP contribution in [0.3, 0.4) is 0 Å². The summed E-state index contributed by atoms with van der Waals surface area (Å²) in [5, 5.41) is 0. The summed E-state index contributed by atoms with van der Waals surface area (Å²) in [7, 11) is 6.11. The lowest BCUT2D eigenvalue weighted by molar-refractivity contribution is 0.103. The molecule has 0 N–H and O–H groups in total. The van der Waals surface area contributed by atoms with Gasteiger partial charge in [0.1, 0.15) is 0 Å². The highest BCUT2D eigenvalue weighted by molar-refractivity contribution is 9.11. The van der Waals surface area contributed by atoms with Gasteiger partial charge in [-0.15, -0.1) is 0 Å². The molecule has 0 aliphatic carbocycles. The van der Waals surface area contributed by atoms with Gasteiger partial charge in [-0.25, -0.2) is 0 Å². The minimum absolute atomic E-state index is 0.198. The first-order valence-corrected chi connectivity index (χ1v) is 8.44. The van der Waals surface area contributed by atoms with Crippen molar-refractivity contribution in [2.75, 3.05) is 28.4 Å². The fourth-order valence-electron chi connectivity index (χ4n) is 2.27. The highest BCUT2D eigenvalue weighted by Crippen LogP contribution is 2.41. The average molecular weight is 460 g/mol. The van der Waals surface area contributed by atoms with E-state index in [9.17, 15) is 4.79 Å². The molecule has 0 aliphatic rings. The van der Waals surface area contributed by atoms with Crippen LogP contribution in [0.1, 0.15) is 15.9 Å². The maximum atomic E-state index is 13.0. The first-order valence-electron chi connectivity index (χ1n) is 6.85. The number of carbonyl (C=O) groups excluding carboxylic acids is 1. The van der Waals surface area contributed by atoms with Crippen molar-refractivity contribution in [2.24, 2.45) is 0 Å². The first-order chi connectivity index (χ1) is 11.5. The van der Waals surface area contributed by atoms with Crippen LogP contribution in [0.25, 0.3) is 0 Å². The molecule has 2 aromatic rings. The number of hydrogen-bond acceptors (Lipinski definition) is 5. The van der Waals surface area contributed by atoms with E-state index in [4.69, 9.17) is 18.9 Å². The lowest BCUT2D eigenvalue weighted by atomic mass is 10.0. The molecule has 0 saturated carbocycles. The number of benzene rings is 2. The van der Waals surface area contributed by atoms with Crippen molar-refractivity contribution in [3.63, 3.8) is 0 Å². The van der Waals surface area contributed by atoms with Gasteiger partial charge in [0.15, 0.2) is 28.8 Å². The molecule has 0 spiro atoms. The zero-order valence-corrected chi connectivity index (χ0v) is 16.8. The second kappa shape index (κ2) is 7.90. The SMILES string of the molecule is COc1ccc(C(=O)c2ccc(OC)c(OC)c2Br)c(Br)c1OC. The Labute approximate surface area is 157 Å². The highest BCUT2D eigenvalue weighted by atomic mass is 79.9. The van der Waals surface area contributed by atoms with Crippen LogP contribution in [0.2, 0.25) is 0 Å². The Morgan fingerprint density at radius 2 is 1.08 bits per heavy atom. The summed E-state index contributed by atoms with van der Waals surface area (Å²) in [6, 6.07) is 6.73. The molecule has 0 radical (unpaired) electrons. The minimum Gasteiger partial charge on any atom is -0.493 e. The predicted molar refractivity (Wildman–Crippen MR) is 97.9 cm³/mol. The van der Waals surface area contributed by atoms with Crippen molar-refractivity contribution in [3.05, 3.63) is 44.3 Å². The van der Waals surface area contributed by atoms with Crippen molar-refractivity contribution in [2.45, 2.75) is 0 Å². The van der Waals surface area contributed by atoms with Gasteiger partial charge in [-0.2, -0.15) is 0 Å². The van der Waals surface area contributed by atoms with Crippen molar-refractivity contribution in [3.8, 4) is 23.0 Å². The summed E-state index contributed by atoms with van der Waals surface area (Å²) in [5.41, 5.74) is 0.890. The fraction of sp³-hybridized carbons (Fsp3) is 0.235. The molecule has 0 fully saturated rings. The third-order valence-electron chi connectivity index (χ3n) is 3.46. The lowest BCUT2D eigenvalue weighted by Gasteiger charge is -2.15. The van der Waals surface area contributed by atoms with E-state index in [0.717, 1.165) is 0 Å². The van der Waals surface area contributed by atoms with E-state index in [2.05, 4.69) is 31.9 Å². The molecule has 7 heteroatoms. The molecule has 5 nitrogen and oxygen atoms in total. The normalized spacial score (nSPS) is 10.2. The van der Waals surface area contributed by atoms with Crippen LogP contribution in [0.15, 0.2) is 33.2 Å². The fourth-order valence-corrected chi connectivity index (χ4v) is 3.61. The number of methoxy groups -OCH3 is 4. The Bertz CT molecular complexity index is 711. The summed E-state index contributed by atoms with van der Waals surface area (Å²) in [5.74, 6) is 1.79. The molecule has 0 heterocycles. The van der Waals surface area contributed by atoms with Gasteiger partial charge in [0, 0.05) is 11.1 Å². The van der Waals surface area contributed by atoms with Crippen molar-refractivity contribution < 1.29 is 23.7 Å². The van der Waals surface area contributed by atoms with Gasteiger partial charge in [-0.3, -0.25) is 4.79 Å². The van der Waals surface area contributed by atoms with E-state index in [1.807, 2.05) is 0 Å². The Hall–Kier alpha value is -1.73. The lowest BCUT2D eigenvalue weighted by Crippen LogP contribution is -2.06. The monoisotopic (exact) mass is 458 g/mol. The minimum atomic E-state index is -0.198.